The maximum Gasteiger partial charge on any atom is 0.220 e. The second-order valence-electron chi connectivity index (χ2n) is 6.61. The predicted molar refractivity (Wildman–Crippen MR) is 83.3 cm³/mol. The van der Waals surface area contributed by atoms with Gasteiger partial charge in [0.2, 0.25) is 5.91 Å². The highest BCUT2D eigenvalue weighted by Crippen LogP contribution is 2.44. The first-order chi connectivity index (χ1) is 10.2. The van der Waals surface area contributed by atoms with E-state index in [9.17, 15) is 4.79 Å². The summed E-state index contributed by atoms with van der Waals surface area (Å²) in [6, 6.07) is 8.48. The molecule has 3 rings (SSSR count). The smallest absolute Gasteiger partial charge is 0.220 e. The molecule has 3 heteroatoms. The average Bonchev–Trinajstić information content (AvgIpc) is 3.08. The van der Waals surface area contributed by atoms with E-state index in [2.05, 4.69) is 12.2 Å². The molecule has 3 nitrogen and oxygen atoms in total. The van der Waals surface area contributed by atoms with Crippen molar-refractivity contribution in [2.24, 2.45) is 11.8 Å². The van der Waals surface area contributed by atoms with Crippen molar-refractivity contribution in [2.75, 3.05) is 6.61 Å². The van der Waals surface area contributed by atoms with Crippen LogP contribution in [0, 0.1) is 18.8 Å². The largest absolute Gasteiger partial charge is 0.494 e. The van der Waals surface area contributed by atoms with Crippen molar-refractivity contribution in [1.82, 2.24) is 5.32 Å². The number of carbonyl (C=O) groups is 1. The fourth-order valence-corrected chi connectivity index (χ4v) is 3.76. The van der Waals surface area contributed by atoms with Crippen molar-refractivity contribution in [3.63, 3.8) is 0 Å². The molecule has 0 unspecified atom stereocenters. The Morgan fingerprint density at radius 3 is 2.71 bits per heavy atom. The van der Waals surface area contributed by atoms with Crippen LogP contribution in [-0.2, 0) is 4.79 Å². The highest BCUT2D eigenvalue weighted by Gasteiger charge is 2.39. The van der Waals surface area contributed by atoms with E-state index in [0.29, 0.717) is 19.1 Å². The summed E-state index contributed by atoms with van der Waals surface area (Å²) in [6.07, 6.45) is 6.58. The van der Waals surface area contributed by atoms with E-state index in [-0.39, 0.29) is 5.91 Å². The Hall–Kier alpha value is -1.51. The molecule has 1 aromatic carbocycles. The first-order valence-corrected chi connectivity index (χ1v) is 8.19. The second kappa shape index (κ2) is 6.50. The zero-order chi connectivity index (χ0) is 14.7. The number of aryl methyl sites for hydroxylation is 1. The standard InChI is InChI=1S/C18H25NO2/c1-13-4-8-16(9-5-13)21-10-2-3-18(20)19-17-12-14-6-7-15(17)11-14/h4-5,8-9,14-15,17H,2-3,6-7,10-12H2,1H3,(H,19,20)/t14-,15-,17-/m0/s1. The minimum absolute atomic E-state index is 0.194. The van der Waals surface area contributed by atoms with E-state index in [1.54, 1.807) is 0 Å². The van der Waals surface area contributed by atoms with E-state index in [1.165, 1.54) is 31.2 Å². The van der Waals surface area contributed by atoms with Crippen LogP contribution in [0.15, 0.2) is 24.3 Å². The monoisotopic (exact) mass is 287 g/mol. The molecule has 2 saturated carbocycles. The Kier molecular flexibility index (Phi) is 4.47. The molecule has 0 aromatic heterocycles. The van der Waals surface area contributed by atoms with Gasteiger partial charge in [-0.2, -0.15) is 0 Å². The number of carbonyl (C=O) groups excluding carboxylic acids is 1. The van der Waals surface area contributed by atoms with Crippen molar-refractivity contribution in [3.8, 4) is 5.75 Å². The van der Waals surface area contributed by atoms with E-state index < -0.39 is 0 Å². The molecule has 2 aliphatic carbocycles. The van der Waals surface area contributed by atoms with Crippen molar-refractivity contribution in [3.05, 3.63) is 29.8 Å². The summed E-state index contributed by atoms with van der Waals surface area (Å²) in [5.41, 5.74) is 1.23. The molecule has 3 atom stereocenters. The van der Waals surface area contributed by atoms with E-state index >= 15 is 0 Å². The normalized spacial score (nSPS) is 26.8. The Morgan fingerprint density at radius 1 is 1.24 bits per heavy atom. The molecular weight excluding hydrogens is 262 g/mol. The number of rotatable bonds is 6. The highest BCUT2D eigenvalue weighted by molar-refractivity contribution is 5.76. The lowest BCUT2D eigenvalue weighted by Gasteiger charge is -2.22. The zero-order valence-corrected chi connectivity index (χ0v) is 12.8. The Morgan fingerprint density at radius 2 is 2.05 bits per heavy atom. The minimum atomic E-state index is 0.194. The molecule has 2 aliphatic rings. The second-order valence-corrected chi connectivity index (χ2v) is 6.61. The SMILES string of the molecule is Cc1ccc(OCCCC(=O)N[C@H]2C[C@H]3CC[C@H]2C3)cc1. The van der Waals surface area contributed by atoms with Gasteiger partial charge < -0.3 is 10.1 Å². The number of benzene rings is 1. The third-order valence-corrected chi connectivity index (χ3v) is 4.92. The van der Waals surface area contributed by atoms with Gasteiger partial charge in [-0.05, 0) is 56.6 Å². The molecule has 1 aromatic rings. The number of nitrogens with one attached hydrogen (secondary N) is 1. The quantitative estimate of drug-likeness (QED) is 0.814. The maximum atomic E-state index is 12.0. The van der Waals surface area contributed by atoms with Gasteiger partial charge in [-0.15, -0.1) is 0 Å². The summed E-state index contributed by atoms with van der Waals surface area (Å²) in [5, 5.41) is 3.22. The van der Waals surface area contributed by atoms with Gasteiger partial charge in [-0.3, -0.25) is 4.79 Å². The first-order valence-electron chi connectivity index (χ1n) is 8.19. The number of fused-ring (bicyclic) bond motifs is 2. The lowest BCUT2D eigenvalue weighted by atomic mass is 9.95. The molecule has 0 aliphatic heterocycles. The van der Waals surface area contributed by atoms with Crippen LogP contribution in [0.3, 0.4) is 0 Å². The van der Waals surface area contributed by atoms with Gasteiger partial charge in [0.05, 0.1) is 6.61 Å². The Balaban J connectivity index is 1.32. The predicted octanol–water partition coefficient (Wildman–Crippen LogP) is 3.46. The summed E-state index contributed by atoms with van der Waals surface area (Å²) in [7, 11) is 0. The van der Waals surface area contributed by atoms with E-state index in [0.717, 1.165) is 24.0 Å². The van der Waals surface area contributed by atoms with Gasteiger partial charge in [0, 0.05) is 12.5 Å². The number of amides is 1. The molecule has 0 radical (unpaired) electrons. The van der Waals surface area contributed by atoms with Gasteiger partial charge in [0.15, 0.2) is 0 Å². The van der Waals surface area contributed by atoms with Crippen molar-refractivity contribution in [2.45, 2.75) is 51.5 Å². The van der Waals surface area contributed by atoms with Gasteiger partial charge in [-0.1, -0.05) is 24.1 Å². The van der Waals surface area contributed by atoms with Crippen LogP contribution in [0.1, 0.15) is 44.1 Å². The third kappa shape index (κ3) is 3.78. The van der Waals surface area contributed by atoms with Crippen LogP contribution >= 0.6 is 0 Å². The van der Waals surface area contributed by atoms with Crippen LogP contribution in [0.5, 0.6) is 5.75 Å². The van der Waals surface area contributed by atoms with Gasteiger partial charge in [-0.25, -0.2) is 0 Å². The van der Waals surface area contributed by atoms with Crippen molar-refractivity contribution >= 4 is 5.91 Å². The number of hydrogen-bond acceptors (Lipinski definition) is 2. The number of ether oxygens (including phenoxy) is 1. The summed E-state index contributed by atoms with van der Waals surface area (Å²) in [5.74, 6) is 2.71. The van der Waals surface area contributed by atoms with Crippen LogP contribution in [0.4, 0.5) is 0 Å². The molecule has 1 amide bonds. The lowest BCUT2D eigenvalue weighted by Crippen LogP contribution is -2.38. The Labute approximate surface area is 127 Å². The van der Waals surface area contributed by atoms with Crippen molar-refractivity contribution < 1.29 is 9.53 Å². The van der Waals surface area contributed by atoms with Crippen LogP contribution in [0.25, 0.3) is 0 Å². The fourth-order valence-electron chi connectivity index (χ4n) is 3.76. The van der Waals surface area contributed by atoms with Gasteiger partial charge >= 0.3 is 0 Å². The molecule has 114 valence electrons. The van der Waals surface area contributed by atoms with E-state index in [1.807, 2.05) is 24.3 Å². The fraction of sp³-hybridized carbons (Fsp3) is 0.611. The molecule has 21 heavy (non-hydrogen) atoms. The lowest BCUT2D eigenvalue weighted by molar-refractivity contribution is -0.122. The minimum Gasteiger partial charge on any atom is -0.494 e. The molecule has 1 N–H and O–H groups in total. The Bertz CT molecular complexity index is 482. The summed E-state index contributed by atoms with van der Waals surface area (Å²) in [6.45, 7) is 2.66. The summed E-state index contributed by atoms with van der Waals surface area (Å²) in [4.78, 5) is 12.0. The average molecular weight is 287 g/mol. The summed E-state index contributed by atoms with van der Waals surface area (Å²) >= 11 is 0. The molecule has 0 saturated heterocycles. The summed E-state index contributed by atoms with van der Waals surface area (Å²) < 4.78 is 5.65. The molecule has 0 spiro atoms. The van der Waals surface area contributed by atoms with E-state index in [4.69, 9.17) is 4.74 Å². The highest BCUT2D eigenvalue weighted by atomic mass is 16.5. The van der Waals surface area contributed by atoms with Gasteiger partial charge in [0.25, 0.3) is 0 Å². The van der Waals surface area contributed by atoms with Crippen LogP contribution in [0.2, 0.25) is 0 Å². The van der Waals surface area contributed by atoms with Crippen molar-refractivity contribution in [1.29, 1.82) is 0 Å². The van der Waals surface area contributed by atoms with Gasteiger partial charge in [0.1, 0.15) is 5.75 Å². The molecule has 0 heterocycles. The maximum absolute atomic E-state index is 12.0. The molecular formula is C18H25NO2. The van der Waals surface area contributed by atoms with Crippen LogP contribution in [-0.4, -0.2) is 18.6 Å². The molecule has 2 bridgehead atoms. The topological polar surface area (TPSA) is 38.3 Å². The third-order valence-electron chi connectivity index (χ3n) is 4.92. The zero-order valence-electron chi connectivity index (χ0n) is 12.8. The molecule has 2 fully saturated rings. The first kappa shape index (κ1) is 14.4. The van der Waals surface area contributed by atoms with Crippen LogP contribution < -0.4 is 10.1 Å². The number of hydrogen-bond donors (Lipinski definition) is 1.